The number of amides is 1. The lowest BCUT2D eigenvalue weighted by atomic mass is 9.88. The molecule has 1 aromatic heterocycles. The molecule has 0 aliphatic rings. The molecule has 1 atom stereocenters. The number of hydrogen-bond acceptors (Lipinski definition) is 3. The Balaban J connectivity index is 1.91. The summed E-state index contributed by atoms with van der Waals surface area (Å²) in [5.41, 5.74) is 5.37. The first-order chi connectivity index (χ1) is 14.9. The highest BCUT2D eigenvalue weighted by molar-refractivity contribution is 5.84. The molecule has 0 aliphatic heterocycles. The quantitative estimate of drug-likeness (QED) is 0.514. The number of aromatic nitrogens is 1. The largest absolute Gasteiger partial charge is 0.355 e. The van der Waals surface area contributed by atoms with E-state index in [4.69, 9.17) is 5.26 Å². The van der Waals surface area contributed by atoms with Gasteiger partial charge in [0.1, 0.15) is 6.54 Å². The second kappa shape index (κ2) is 9.99. The Morgan fingerprint density at radius 2 is 1.81 bits per heavy atom. The first-order valence-corrected chi connectivity index (χ1v) is 10.6. The number of nitriles is 1. The Labute approximate surface area is 184 Å². The fraction of sp³-hybridized carbons (Fsp3) is 0.308. The van der Waals surface area contributed by atoms with Gasteiger partial charge in [0.05, 0.1) is 17.7 Å². The summed E-state index contributed by atoms with van der Waals surface area (Å²) in [4.78, 5) is 14.9. The molecular formula is C26H30N4O. The Bertz CT molecular complexity index is 1080. The highest BCUT2D eigenvalue weighted by atomic mass is 16.1. The minimum Gasteiger partial charge on any atom is -0.355 e. The maximum absolute atomic E-state index is 12.7. The van der Waals surface area contributed by atoms with Crippen molar-refractivity contribution in [2.75, 3.05) is 18.5 Å². The average Bonchev–Trinajstić information content (AvgIpc) is 3.21. The number of aryl methyl sites for hydroxylation is 1. The summed E-state index contributed by atoms with van der Waals surface area (Å²) in [6.07, 6.45) is 4.85. The number of carbonyl (C=O) groups excluding carboxylic acids is 1. The van der Waals surface area contributed by atoms with Crippen molar-refractivity contribution in [1.29, 1.82) is 5.26 Å². The minimum atomic E-state index is -0.275. The van der Waals surface area contributed by atoms with E-state index in [1.165, 1.54) is 0 Å². The van der Waals surface area contributed by atoms with E-state index in [2.05, 4.69) is 79.8 Å². The summed E-state index contributed by atoms with van der Waals surface area (Å²) in [5.74, 6) is -0.00206. The zero-order chi connectivity index (χ0) is 22.4. The van der Waals surface area contributed by atoms with Crippen LogP contribution in [0.15, 0.2) is 67.0 Å². The average molecular weight is 415 g/mol. The molecule has 1 unspecified atom stereocenters. The van der Waals surface area contributed by atoms with Crippen LogP contribution < -0.4 is 10.2 Å². The number of hydrogen-bond donors (Lipinski definition) is 1. The van der Waals surface area contributed by atoms with E-state index in [9.17, 15) is 4.79 Å². The van der Waals surface area contributed by atoms with Gasteiger partial charge in [0.2, 0.25) is 5.91 Å². The molecule has 0 aliphatic carbocycles. The molecular weight excluding hydrogens is 384 g/mol. The molecule has 0 bridgehead atoms. The minimum absolute atomic E-state index is 0.0288. The molecule has 5 nitrogen and oxygen atoms in total. The molecule has 0 spiro atoms. The predicted molar refractivity (Wildman–Crippen MR) is 126 cm³/mol. The van der Waals surface area contributed by atoms with Gasteiger partial charge in [-0.05, 0) is 47.2 Å². The van der Waals surface area contributed by atoms with Crippen molar-refractivity contribution in [3.63, 3.8) is 0 Å². The van der Waals surface area contributed by atoms with Gasteiger partial charge < -0.3 is 14.8 Å². The van der Waals surface area contributed by atoms with Crippen LogP contribution in [0.1, 0.15) is 31.7 Å². The summed E-state index contributed by atoms with van der Waals surface area (Å²) >= 11 is 0. The van der Waals surface area contributed by atoms with Crippen LogP contribution in [0.4, 0.5) is 11.4 Å². The van der Waals surface area contributed by atoms with Crippen molar-refractivity contribution >= 4 is 17.3 Å². The number of benzene rings is 2. The molecule has 3 rings (SSSR count). The highest BCUT2D eigenvalue weighted by Gasteiger charge is 2.22. The molecule has 3 aromatic rings. The lowest BCUT2D eigenvalue weighted by Gasteiger charge is -2.20. The van der Waals surface area contributed by atoms with Gasteiger partial charge in [-0.15, -0.1) is 0 Å². The van der Waals surface area contributed by atoms with Gasteiger partial charge in [0.15, 0.2) is 0 Å². The van der Waals surface area contributed by atoms with Crippen LogP contribution in [0.5, 0.6) is 0 Å². The van der Waals surface area contributed by atoms with Crippen molar-refractivity contribution in [2.24, 2.45) is 13.0 Å². The van der Waals surface area contributed by atoms with Gasteiger partial charge in [0.25, 0.3) is 0 Å². The number of carbonyl (C=O) groups is 1. The predicted octanol–water partition coefficient (Wildman–Crippen LogP) is 5.23. The first-order valence-electron chi connectivity index (χ1n) is 10.6. The molecule has 1 amide bonds. The molecule has 2 aromatic carbocycles. The smallest absolute Gasteiger partial charge is 0.228 e. The van der Waals surface area contributed by atoms with Crippen LogP contribution in [-0.2, 0) is 11.8 Å². The van der Waals surface area contributed by atoms with Crippen LogP contribution in [0.2, 0.25) is 0 Å². The number of anilines is 2. The third-order valence-electron chi connectivity index (χ3n) is 5.42. The van der Waals surface area contributed by atoms with Crippen LogP contribution in [0, 0.1) is 17.2 Å². The number of nitrogens with one attached hydrogen (secondary N) is 1. The molecule has 160 valence electrons. The fourth-order valence-corrected chi connectivity index (χ4v) is 3.78. The Kier molecular flexibility index (Phi) is 7.15. The molecule has 0 fully saturated rings. The van der Waals surface area contributed by atoms with Gasteiger partial charge in [-0.2, -0.15) is 5.26 Å². The molecule has 1 heterocycles. The van der Waals surface area contributed by atoms with Crippen molar-refractivity contribution in [3.05, 3.63) is 72.6 Å². The van der Waals surface area contributed by atoms with Gasteiger partial charge in [0, 0.05) is 32.2 Å². The van der Waals surface area contributed by atoms with Gasteiger partial charge in [-0.1, -0.05) is 50.2 Å². The van der Waals surface area contributed by atoms with E-state index in [-0.39, 0.29) is 18.4 Å². The van der Waals surface area contributed by atoms with Crippen LogP contribution in [-0.4, -0.2) is 24.1 Å². The number of rotatable bonds is 8. The molecule has 0 radical (unpaired) electrons. The van der Waals surface area contributed by atoms with Gasteiger partial charge in [-0.3, -0.25) is 4.79 Å². The summed E-state index contributed by atoms with van der Waals surface area (Å²) in [7, 11) is 4.07. The van der Waals surface area contributed by atoms with Gasteiger partial charge >= 0.3 is 0 Å². The van der Waals surface area contributed by atoms with Gasteiger partial charge in [-0.25, -0.2) is 0 Å². The highest BCUT2D eigenvalue weighted by Crippen LogP contribution is 2.31. The first kappa shape index (κ1) is 22.2. The van der Waals surface area contributed by atoms with Crippen molar-refractivity contribution in [3.8, 4) is 17.2 Å². The topological polar surface area (TPSA) is 61.1 Å². The van der Waals surface area contributed by atoms with Crippen LogP contribution >= 0.6 is 0 Å². The van der Waals surface area contributed by atoms with E-state index >= 15 is 0 Å². The third kappa shape index (κ3) is 5.55. The van der Waals surface area contributed by atoms with E-state index in [0.717, 1.165) is 34.5 Å². The normalized spacial score (nSPS) is 11.7. The Morgan fingerprint density at radius 3 is 2.45 bits per heavy atom. The molecule has 0 saturated heterocycles. The number of nitrogens with zero attached hydrogens (tertiary/aromatic N) is 3. The maximum atomic E-state index is 12.7. The fourth-order valence-electron chi connectivity index (χ4n) is 3.78. The Hall–Kier alpha value is -3.52. The summed E-state index contributed by atoms with van der Waals surface area (Å²) in [5, 5.41) is 11.6. The Morgan fingerprint density at radius 1 is 1.10 bits per heavy atom. The molecule has 1 N–H and O–H groups in total. The zero-order valence-electron chi connectivity index (χ0n) is 18.7. The van der Waals surface area contributed by atoms with Crippen LogP contribution in [0.3, 0.4) is 0 Å². The van der Waals surface area contributed by atoms with E-state index < -0.39 is 0 Å². The molecule has 31 heavy (non-hydrogen) atoms. The van der Waals surface area contributed by atoms with Crippen molar-refractivity contribution < 1.29 is 4.79 Å². The van der Waals surface area contributed by atoms with E-state index in [0.29, 0.717) is 5.92 Å². The van der Waals surface area contributed by atoms with Crippen molar-refractivity contribution in [2.45, 2.75) is 26.2 Å². The van der Waals surface area contributed by atoms with E-state index in [1.54, 1.807) is 0 Å². The molecule has 0 saturated carbocycles. The van der Waals surface area contributed by atoms with Crippen LogP contribution in [0.25, 0.3) is 11.1 Å². The SMILES string of the molecule is CC(C)CC(C(=O)NCC#N)c1cccc(-c2cccc(N(C)c3ccn(C)c3)c2)c1. The lowest BCUT2D eigenvalue weighted by Crippen LogP contribution is -2.30. The monoisotopic (exact) mass is 414 g/mol. The summed E-state index contributed by atoms with van der Waals surface area (Å²) < 4.78 is 2.03. The second-order valence-corrected chi connectivity index (χ2v) is 8.33. The standard InChI is InChI=1S/C26H30N4O/c1-19(2)15-25(26(31)28-13-12-27)22-9-5-7-20(16-22)21-8-6-10-23(17-21)30(4)24-11-14-29(3)18-24/h5-11,14,16-19,25H,13,15H2,1-4H3,(H,28,31). The molecule has 5 heteroatoms. The van der Waals surface area contributed by atoms with E-state index in [1.807, 2.05) is 36.0 Å². The zero-order valence-corrected chi connectivity index (χ0v) is 18.7. The summed E-state index contributed by atoms with van der Waals surface area (Å²) in [6, 6.07) is 20.7. The second-order valence-electron chi connectivity index (χ2n) is 8.33. The lowest BCUT2D eigenvalue weighted by molar-refractivity contribution is -0.122. The maximum Gasteiger partial charge on any atom is 0.228 e. The van der Waals surface area contributed by atoms with Crippen molar-refractivity contribution in [1.82, 2.24) is 9.88 Å². The summed E-state index contributed by atoms with van der Waals surface area (Å²) in [6.45, 7) is 4.25. The third-order valence-corrected chi connectivity index (χ3v) is 5.42.